The van der Waals surface area contributed by atoms with E-state index in [1.54, 1.807) is 0 Å². The Morgan fingerprint density at radius 1 is 1.33 bits per heavy atom. The lowest BCUT2D eigenvalue weighted by molar-refractivity contribution is 0.172. The summed E-state index contributed by atoms with van der Waals surface area (Å²) in [5, 5.41) is 3.77. The minimum atomic E-state index is 0.0733. The molecule has 0 spiro atoms. The Kier molecular flexibility index (Phi) is 4.94. The minimum Gasteiger partial charge on any atom is -0.381 e. The Balaban J connectivity index is 1.62. The molecule has 116 valence electrons. The van der Waals surface area contributed by atoms with Crippen molar-refractivity contribution in [1.29, 1.82) is 0 Å². The zero-order valence-electron chi connectivity index (χ0n) is 13.2. The first-order chi connectivity index (χ1) is 10.3. The molecule has 0 amide bonds. The molecule has 3 heteroatoms. The molecule has 3 rings (SSSR count). The maximum atomic E-state index is 5.50. The fourth-order valence-electron chi connectivity index (χ4n) is 3.62. The summed E-state index contributed by atoms with van der Waals surface area (Å²) in [5.41, 5.74) is 1.48. The van der Waals surface area contributed by atoms with E-state index in [2.05, 4.69) is 47.5 Å². The molecule has 0 aliphatic carbocycles. The number of ether oxygens (including phenoxy) is 1. The quantitative estimate of drug-likeness (QED) is 0.922. The molecule has 1 aromatic carbocycles. The number of hydrogen-bond acceptors (Lipinski definition) is 3. The Hall–Kier alpha value is -0.900. The third kappa shape index (κ3) is 3.85. The van der Waals surface area contributed by atoms with Gasteiger partial charge in [0, 0.05) is 19.8 Å². The molecule has 21 heavy (non-hydrogen) atoms. The fraction of sp³-hybridized carbons (Fsp3) is 0.667. The number of benzene rings is 1. The van der Waals surface area contributed by atoms with Crippen molar-refractivity contribution in [2.45, 2.75) is 31.7 Å². The van der Waals surface area contributed by atoms with Crippen molar-refractivity contribution < 1.29 is 4.74 Å². The van der Waals surface area contributed by atoms with Gasteiger partial charge in [-0.2, -0.15) is 0 Å². The van der Waals surface area contributed by atoms with Gasteiger partial charge in [-0.05, 0) is 57.3 Å². The van der Waals surface area contributed by atoms with Crippen LogP contribution in [0, 0.1) is 5.92 Å². The van der Waals surface area contributed by atoms with E-state index in [0.717, 1.165) is 32.2 Å². The first kappa shape index (κ1) is 15.0. The second-order valence-corrected chi connectivity index (χ2v) is 6.77. The standard InChI is InChI=1S/C18H28N2O/c1-18(17-6-3-2-4-7-17)15-20(11-5-10-19-18)12-8-16-9-13-21-14-16/h2-4,6-7,16,19H,5,8-15H2,1H3. The van der Waals surface area contributed by atoms with Gasteiger partial charge in [-0.25, -0.2) is 0 Å². The largest absolute Gasteiger partial charge is 0.381 e. The highest BCUT2D eigenvalue weighted by molar-refractivity contribution is 5.24. The van der Waals surface area contributed by atoms with Gasteiger partial charge in [0.15, 0.2) is 0 Å². The second kappa shape index (κ2) is 6.91. The van der Waals surface area contributed by atoms with Crippen LogP contribution in [0.2, 0.25) is 0 Å². The summed E-state index contributed by atoms with van der Waals surface area (Å²) in [4.78, 5) is 2.64. The van der Waals surface area contributed by atoms with E-state index in [-0.39, 0.29) is 5.54 Å². The zero-order valence-corrected chi connectivity index (χ0v) is 13.2. The number of hydrogen-bond donors (Lipinski definition) is 1. The molecule has 2 fully saturated rings. The highest BCUT2D eigenvalue weighted by Gasteiger charge is 2.30. The Morgan fingerprint density at radius 3 is 2.95 bits per heavy atom. The summed E-state index contributed by atoms with van der Waals surface area (Å²) in [6.07, 6.45) is 3.77. The molecule has 0 bridgehead atoms. The molecule has 2 aliphatic rings. The number of rotatable bonds is 4. The molecule has 0 saturated carbocycles. The van der Waals surface area contributed by atoms with Gasteiger partial charge in [-0.1, -0.05) is 30.3 Å². The highest BCUT2D eigenvalue weighted by atomic mass is 16.5. The van der Waals surface area contributed by atoms with E-state index in [0.29, 0.717) is 0 Å². The van der Waals surface area contributed by atoms with E-state index in [4.69, 9.17) is 4.74 Å². The van der Waals surface area contributed by atoms with E-state index < -0.39 is 0 Å². The molecule has 2 unspecified atom stereocenters. The topological polar surface area (TPSA) is 24.5 Å². The number of nitrogens with zero attached hydrogens (tertiary/aromatic N) is 1. The summed E-state index contributed by atoms with van der Waals surface area (Å²) in [6.45, 7) is 8.91. The first-order valence-electron chi connectivity index (χ1n) is 8.37. The molecule has 2 heterocycles. The van der Waals surface area contributed by atoms with Crippen molar-refractivity contribution in [2.24, 2.45) is 5.92 Å². The Labute approximate surface area is 128 Å². The van der Waals surface area contributed by atoms with Gasteiger partial charge >= 0.3 is 0 Å². The molecule has 3 nitrogen and oxygen atoms in total. The van der Waals surface area contributed by atoms with Crippen molar-refractivity contribution in [3.63, 3.8) is 0 Å². The molecule has 2 atom stereocenters. The van der Waals surface area contributed by atoms with Crippen molar-refractivity contribution in [1.82, 2.24) is 10.2 Å². The molecule has 0 radical (unpaired) electrons. The van der Waals surface area contributed by atoms with Crippen LogP contribution < -0.4 is 5.32 Å². The van der Waals surface area contributed by atoms with Gasteiger partial charge in [0.1, 0.15) is 0 Å². The van der Waals surface area contributed by atoms with E-state index in [1.165, 1.54) is 37.9 Å². The molecule has 1 N–H and O–H groups in total. The molecular formula is C18H28N2O. The van der Waals surface area contributed by atoms with Crippen LogP contribution in [0.3, 0.4) is 0 Å². The van der Waals surface area contributed by atoms with E-state index in [1.807, 2.05) is 0 Å². The van der Waals surface area contributed by atoms with Crippen LogP contribution in [0.1, 0.15) is 31.7 Å². The summed E-state index contributed by atoms with van der Waals surface area (Å²) in [7, 11) is 0. The molecule has 0 aromatic heterocycles. The van der Waals surface area contributed by atoms with Crippen molar-refractivity contribution in [2.75, 3.05) is 39.4 Å². The first-order valence-corrected chi connectivity index (χ1v) is 8.37. The Bertz CT molecular complexity index is 430. The van der Waals surface area contributed by atoms with Gasteiger partial charge in [0.05, 0.1) is 5.54 Å². The van der Waals surface area contributed by atoms with Crippen molar-refractivity contribution >= 4 is 0 Å². The summed E-state index contributed by atoms with van der Waals surface area (Å²) >= 11 is 0. The van der Waals surface area contributed by atoms with Crippen LogP contribution >= 0.6 is 0 Å². The normalized spacial score (nSPS) is 31.2. The summed E-state index contributed by atoms with van der Waals surface area (Å²) < 4.78 is 5.50. The van der Waals surface area contributed by atoms with Crippen LogP contribution in [0.15, 0.2) is 30.3 Å². The smallest absolute Gasteiger partial charge is 0.0534 e. The third-order valence-corrected chi connectivity index (χ3v) is 4.99. The maximum absolute atomic E-state index is 5.50. The van der Waals surface area contributed by atoms with Crippen LogP contribution in [0.4, 0.5) is 0 Å². The van der Waals surface area contributed by atoms with E-state index in [9.17, 15) is 0 Å². The molecule has 1 aromatic rings. The zero-order chi connectivity index (χ0) is 14.5. The van der Waals surface area contributed by atoms with Crippen molar-refractivity contribution in [3.05, 3.63) is 35.9 Å². The molecule has 2 saturated heterocycles. The molecule has 2 aliphatic heterocycles. The lowest BCUT2D eigenvalue weighted by atomic mass is 9.91. The monoisotopic (exact) mass is 288 g/mol. The number of nitrogens with one attached hydrogen (secondary N) is 1. The van der Waals surface area contributed by atoms with Crippen LogP contribution in [0.25, 0.3) is 0 Å². The molecular weight excluding hydrogens is 260 g/mol. The van der Waals surface area contributed by atoms with Gasteiger partial charge in [-0.3, -0.25) is 0 Å². The van der Waals surface area contributed by atoms with Gasteiger partial charge in [-0.15, -0.1) is 0 Å². The van der Waals surface area contributed by atoms with Crippen LogP contribution in [-0.4, -0.2) is 44.3 Å². The minimum absolute atomic E-state index is 0.0733. The van der Waals surface area contributed by atoms with Gasteiger partial charge in [0.2, 0.25) is 0 Å². The van der Waals surface area contributed by atoms with Gasteiger partial charge < -0.3 is 15.0 Å². The lowest BCUT2D eigenvalue weighted by Gasteiger charge is -2.34. The fourth-order valence-corrected chi connectivity index (χ4v) is 3.62. The summed E-state index contributed by atoms with van der Waals surface area (Å²) in [5.74, 6) is 0.782. The predicted molar refractivity (Wildman–Crippen MR) is 86.4 cm³/mol. The lowest BCUT2D eigenvalue weighted by Crippen LogP contribution is -2.46. The second-order valence-electron chi connectivity index (χ2n) is 6.77. The highest BCUT2D eigenvalue weighted by Crippen LogP contribution is 2.25. The van der Waals surface area contributed by atoms with Crippen LogP contribution in [-0.2, 0) is 10.3 Å². The maximum Gasteiger partial charge on any atom is 0.0534 e. The van der Waals surface area contributed by atoms with Crippen LogP contribution in [0.5, 0.6) is 0 Å². The van der Waals surface area contributed by atoms with E-state index >= 15 is 0 Å². The van der Waals surface area contributed by atoms with Crippen molar-refractivity contribution in [3.8, 4) is 0 Å². The SMILES string of the molecule is CC1(c2ccccc2)CN(CCC2CCOC2)CCCN1. The average molecular weight is 288 g/mol. The van der Waals surface area contributed by atoms with Gasteiger partial charge in [0.25, 0.3) is 0 Å². The third-order valence-electron chi connectivity index (χ3n) is 4.99. The Morgan fingerprint density at radius 2 is 2.19 bits per heavy atom. The summed E-state index contributed by atoms with van der Waals surface area (Å²) in [6, 6.07) is 10.9. The average Bonchev–Trinajstić information content (AvgIpc) is 2.96. The predicted octanol–water partition coefficient (Wildman–Crippen LogP) is 2.62.